The Labute approximate surface area is 113 Å². The van der Waals surface area contributed by atoms with Crippen LogP contribution in [0.15, 0.2) is 35.5 Å². The molecule has 19 heavy (non-hydrogen) atoms. The van der Waals surface area contributed by atoms with Crippen molar-refractivity contribution in [1.29, 1.82) is 0 Å². The molecule has 0 saturated heterocycles. The first-order chi connectivity index (χ1) is 8.91. The van der Waals surface area contributed by atoms with E-state index in [9.17, 15) is 8.42 Å². The maximum atomic E-state index is 12.5. The van der Waals surface area contributed by atoms with Gasteiger partial charge in [0, 0.05) is 19.4 Å². The molecule has 0 aliphatic heterocycles. The topological polar surface area (TPSA) is 66.1 Å². The van der Waals surface area contributed by atoms with E-state index >= 15 is 0 Å². The summed E-state index contributed by atoms with van der Waals surface area (Å²) in [5, 5.41) is 0. The smallest absolute Gasteiger partial charge is 0.243 e. The third-order valence-electron chi connectivity index (χ3n) is 2.96. The van der Waals surface area contributed by atoms with Crippen LogP contribution >= 0.6 is 0 Å². The molecule has 0 bridgehead atoms. The van der Waals surface area contributed by atoms with Crippen molar-refractivity contribution < 1.29 is 8.42 Å². The van der Waals surface area contributed by atoms with Crippen molar-refractivity contribution in [2.24, 2.45) is 0 Å². The molecule has 0 aliphatic rings. The lowest BCUT2D eigenvalue weighted by Gasteiger charge is -2.17. The van der Waals surface area contributed by atoms with E-state index in [4.69, 9.17) is 0 Å². The van der Waals surface area contributed by atoms with Gasteiger partial charge < -0.3 is 4.98 Å². The number of aryl methyl sites for hydroxylation is 2. The molecule has 0 unspecified atom stereocenters. The fraction of sp³-hybridized carbons (Fsp3) is 0.308. The fourth-order valence-electron chi connectivity index (χ4n) is 1.83. The average molecular weight is 279 g/mol. The number of benzene rings is 1. The van der Waals surface area contributed by atoms with Crippen molar-refractivity contribution >= 4 is 10.0 Å². The van der Waals surface area contributed by atoms with Crippen LogP contribution in [0.1, 0.15) is 17.0 Å². The second-order valence-electron chi connectivity index (χ2n) is 4.57. The summed E-state index contributed by atoms with van der Waals surface area (Å²) in [6.07, 6.45) is 3.28. The van der Waals surface area contributed by atoms with Crippen LogP contribution in [-0.4, -0.2) is 29.7 Å². The largest absolute Gasteiger partial charge is 0.347 e. The monoisotopic (exact) mass is 279 g/mol. The van der Waals surface area contributed by atoms with Crippen molar-refractivity contribution in [2.75, 3.05) is 7.05 Å². The van der Waals surface area contributed by atoms with Gasteiger partial charge in [-0.15, -0.1) is 0 Å². The summed E-state index contributed by atoms with van der Waals surface area (Å²) in [5.74, 6) is 0.622. The zero-order valence-electron chi connectivity index (χ0n) is 11.2. The van der Waals surface area contributed by atoms with Crippen molar-refractivity contribution in [2.45, 2.75) is 25.3 Å². The molecule has 1 aromatic carbocycles. The SMILES string of the molecule is Cc1ccc(C)c(S(=O)(=O)N(C)Cc2ncc[nH]2)c1. The van der Waals surface area contributed by atoms with Gasteiger partial charge in [-0.05, 0) is 31.0 Å². The van der Waals surface area contributed by atoms with E-state index in [0.29, 0.717) is 10.7 Å². The molecule has 0 atom stereocenters. The van der Waals surface area contributed by atoms with Crippen LogP contribution in [0.2, 0.25) is 0 Å². The Morgan fingerprint density at radius 3 is 2.68 bits per heavy atom. The fourth-order valence-corrected chi connectivity index (χ4v) is 3.27. The van der Waals surface area contributed by atoms with Gasteiger partial charge in [-0.1, -0.05) is 12.1 Å². The van der Waals surface area contributed by atoms with Crippen LogP contribution in [0.5, 0.6) is 0 Å². The highest BCUT2D eigenvalue weighted by molar-refractivity contribution is 7.89. The normalized spacial score (nSPS) is 12.0. The lowest BCUT2D eigenvalue weighted by molar-refractivity contribution is 0.457. The number of hydrogen-bond donors (Lipinski definition) is 1. The molecule has 1 N–H and O–H groups in total. The minimum absolute atomic E-state index is 0.225. The molecule has 102 valence electrons. The summed E-state index contributed by atoms with van der Waals surface area (Å²) < 4.78 is 26.3. The van der Waals surface area contributed by atoms with Crippen molar-refractivity contribution in [3.8, 4) is 0 Å². The van der Waals surface area contributed by atoms with E-state index < -0.39 is 10.0 Å². The summed E-state index contributed by atoms with van der Waals surface area (Å²) in [5.41, 5.74) is 1.67. The Morgan fingerprint density at radius 1 is 1.32 bits per heavy atom. The highest BCUT2D eigenvalue weighted by atomic mass is 32.2. The summed E-state index contributed by atoms with van der Waals surface area (Å²) in [4.78, 5) is 7.29. The Hall–Kier alpha value is -1.66. The van der Waals surface area contributed by atoms with Crippen LogP contribution in [0, 0.1) is 13.8 Å². The quantitative estimate of drug-likeness (QED) is 0.928. The molecule has 5 nitrogen and oxygen atoms in total. The van der Waals surface area contributed by atoms with Crippen LogP contribution in [-0.2, 0) is 16.6 Å². The van der Waals surface area contributed by atoms with Gasteiger partial charge in [-0.2, -0.15) is 4.31 Å². The first-order valence-electron chi connectivity index (χ1n) is 5.93. The van der Waals surface area contributed by atoms with Gasteiger partial charge in [-0.25, -0.2) is 13.4 Å². The van der Waals surface area contributed by atoms with Crippen LogP contribution in [0.25, 0.3) is 0 Å². The minimum atomic E-state index is -3.49. The van der Waals surface area contributed by atoms with Gasteiger partial charge in [0.25, 0.3) is 0 Å². The molecule has 6 heteroatoms. The number of aromatic amines is 1. The summed E-state index contributed by atoms with van der Waals surface area (Å²) in [6, 6.07) is 5.42. The zero-order chi connectivity index (χ0) is 14.0. The lowest BCUT2D eigenvalue weighted by atomic mass is 10.2. The second kappa shape index (κ2) is 5.14. The van der Waals surface area contributed by atoms with E-state index in [1.54, 1.807) is 32.4 Å². The van der Waals surface area contributed by atoms with Crippen molar-refractivity contribution in [3.63, 3.8) is 0 Å². The Balaban J connectivity index is 2.33. The van der Waals surface area contributed by atoms with Crippen molar-refractivity contribution in [1.82, 2.24) is 14.3 Å². The first kappa shape index (κ1) is 13.8. The van der Waals surface area contributed by atoms with E-state index in [0.717, 1.165) is 11.1 Å². The van der Waals surface area contributed by atoms with E-state index in [1.165, 1.54) is 4.31 Å². The molecule has 1 aromatic heterocycles. The lowest BCUT2D eigenvalue weighted by Crippen LogP contribution is -2.27. The zero-order valence-corrected chi connectivity index (χ0v) is 12.0. The second-order valence-corrected chi connectivity index (χ2v) is 6.58. The molecule has 0 amide bonds. The summed E-state index contributed by atoms with van der Waals surface area (Å²) in [7, 11) is -1.94. The molecule has 2 rings (SSSR count). The Bertz CT molecular complexity index is 663. The van der Waals surface area contributed by atoms with Crippen molar-refractivity contribution in [3.05, 3.63) is 47.5 Å². The van der Waals surface area contributed by atoms with Crippen LogP contribution in [0.3, 0.4) is 0 Å². The van der Waals surface area contributed by atoms with E-state index in [2.05, 4.69) is 9.97 Å². The van der Waals surface area contributed by atoms with Crippen LogP contribution in [0.4, 0.5) is 0 Å². The first-order valence-corrected chi connectivity index (χ1v) is 7.37. The van der Waals surface area contributed by atoms with Gasteiger partial charge in [-0.3, -0.25) is 0 Å². The van der Waals surface area contributed by atoms with Gasteiger partial charge in [0.2, 0.25) is 10.0 Å². The van der Waals surface area contributed by atoms with E-state index in [1.807, 2.05) is 19.1 Å². The predicted octanol–water partition coefficient (Wildman–Crippen LogP) is 1.85. The number of rotatable bonds is 4. The number of imidazole rings is 1. The Kier molecular flexibility index (Phi) is 3.73. The molecule has 0 radical (unpaired) electrons. The molecule has 1 heterocycles. The molecule has 2 aromatic rings. The predicted molar refractivity (Wildman–Crippen MR) is 73.2 cm³/mol. The Morgan fingerprint density at radius 2 is 2.05 bits per heavy atom. The molecule has 0 aliphatic carbocycles. The third-order valence-corrected chi connectivity index (χ3v) is 4.90. The number of hydrogen-bond acceptors (Lipinski definition) is 3. The molecule has 0 fully saturated rings. The maximum Gasteiger partial charge on any atom is 0.243 e. The highest BCUT2D eigenvalue weighted by Gasteiger charge is 2.23. The highest BCUT2D eigenvalue weighted by Crippen LogP contribution is 2.21. The summed E-state index contributed by atoms with van der Waals surface area (Å²) >= 11 is 0. The standard InChI is InChI=1S/C13H17N3O2S/c1-10-4-5-11(2)12(8-10)19(17,18)16(3)9-13-14-6-7-15-13/h4-8H,9H2,1-3H3,(H,14,15). The molecule has 0 spiro atoms. The third kappa shape index (κ3) is 2.85. The van der Waals surface area contributed by atoms with Crippen LogP contribution < -0.4 is 0 Å². The number of H-pyrrole nitrogens is 1. The van der Waals surface area contributed by atoms with Gasteiger partial charge in [0.05, 0.1) is 11.4 Å². The number of nitrogens with zero attached hydrogens (tertiary/aromatic N) is 2. The number of sulfonamides is 1. The molecular weight excluding hydrogens is 262 g/mol. The minimum Gasteiger partial charge on any atom is -0.347 e. The molecule has 0 saturated carbocycles. The average Bonchev–Trinajstić information content (AvgIpc) is 2.85. The number of aromatic nitrogens is 2. The van der Waals surface area contributed by atoms with Gasteiger partial charge in [0.1, 0.15) is 5.82 Å². The van der Waals surface area contributed by atoms with Gasteiger partial charge in [0.15, 0.2) is 0 Å². The number of nitrogens with one attached hydrogen (secondary N) is 1. The van der Waals surface area contributed by atoms with E-state index in [-0.39, 0.29) is 6.54 Å². The van der Waals surface area contributed by atoms with Gasteiger partial charge >= 0.3 is 0 Å². The molecular formula is C13H17N3O2S. The maximum absolute atomic E-state index is 12.5. The summed E-state index contributed by atoms with van der Waals surface area (Å²) in [6.45, 7) is 3.90.